The molecular formula is C19H25N3O5S. The van der Waals surface area contributed by atoms with Gasteiger partial charge in [-0.05, 0) is 38.8 Å². The van der Waals surface area contributed by atoms with Gasteiger partial charge in [-0.2, -0.15) is 0 Å². The highest BCUT2D eigenvalue weighted by molar-refractivity contribution is 7.89. The fourth-order valence-corrected chi connectivity index (χ4v) is 4.27. The quantitative estimate of drug-likeness (QED) is 0.576. The van der Waals surface area contributed by atoms with E-state index in [1.54, 1.807) is 20.8 Å². The number of aromatic amines is 1. The highest BCUT2D eigenvalue weighted by Crippen LogP contribution is 2.24. The van der Waals surface area contributed by atoms with Gasteiger partial charge in [-0.15, -0.1) is 0 Å². The summed E-state index contributed by atoms with van der Waals surface area (Å²) in [5.74, 6) is -1.21. The third-order valence-electron chi connectivity index (χ3n) is 4.23. The van der Waals surface area contributed by atoms with Crippen molar-refractivity contribution in [2.24, 2.45) is 0 Å². The van der Waals surface area contributed by atoms with Crippen molar-refractivity contribution in [3.8, 4) is 0 Å². The summed E-state index contributed by atoms with van der Waals surface area (Å²) in [6, 6.07) is 7.58. The normalized spacial score (nSPS) is 11.3. The van der Waals surface area contributed by atoms with Crippen LogP contribution < -0.4 is 10.0 Å². The molecule has 0 unspecified atom stereocenters. The molecule has 0 saturated heterocycles. The highest BCUT2D eigenvalue weighted by Gasteiger charge is 2.30. The first-order chi connectivity index (χ1) is 13.2. The van der Waals surface area contributed by atoms with Crippen LogP contribution in [-0.2, 0) is 26.1 Å². The summed E-state index contributed by atoms with van der Waals surface area (Å²) >= 11 is 0. The van der Waals surface area contributed by atoms with Gasteiger partial charge < -0.3 is 15.0 Å². The van der Waals surface area contributed by atoms with E-state index in [9.17, 15) is 18.0 Å². The zero-order valence-electron chi connectivity index (χ0n) is 16.4. The monoisotopic (exact) mass is 407 g/mol. The maximum atomic E-state index is 12.7. The summed E-state index contributed by atoms with van der Waals surface area (Å²) in [7, 11) is -4.09. The second kappa shape index (κ2) is 9.03. The number of carbonyl (C=O) groups excluding carboxylic acids is 2. The van der Waals surface area contributed by atoms with E-state index >= 15 is 0 Å². The number of esters is 1. The number of hydrogen-bond acceptors (Lipinski definition) is 5. The van der Waals surface area contributed by atoms with Gasteiger partial charge in [0.25, 0.3) is 0 Å². The SMILES string of the molecule is CCOC(=O)c1c(C)[nH]c(C)c1S(=O)(=O)NCC(=O)NCc1ccccc1C. The van der Waals surface area contributed by atoms with Crippen LogP contribution in [0.5, 0.6) is 0 Å². The van der Waals surface area contributed by atoms with Crippen molar-refractivity contribution in [1.82, 2.24) is 15.0 Å². The molecule has 3 N–H and O–H groups in total. The molecule has 0 spiro atoms. The summed E-state index contributed by atoms with van der Waals surface area (Å²) in [6.45, 7) is 6.67. The van der Waals surface area contributed by atoms with Gasteiger partial charge in [-0.25, -0.2) is 17.9 Å². The smallest absolute Gasteiger partial charge is 0.341 e. The number of hydrogen-bond donors (Lipinski definition) is 3. The fraction of sp³-hybridized carbons (Fsp3) is 0.368. The lowest BCUT2D eigenvalue weighted by Gasteiger charge is -2.10. The van der Waals surface area contributed by atoms with Crippen LogP contribution in [0.15, 0.2) is 29.2 Å². The Hall–Kier alpha value is -2.65. The van der Waals surface area contributed by atoms with E-state index in [2.05, 4.69) is 15.0 Å². The van der Waals surface area contributed by atoms with E-state index in [0.717, 1.165) is 11.1 Å². The largest absolute Gasteiger partial charge is 0.462 e. The van der Waals surface area contributed by atoms with Gasteiger partial charge in [0, 0.05) is 17.9 Å². The molecule has 152 valence electrons. The van der Waals surface area contributed by atoms with Gasteiger partial charge in [0.05, 0.1) is 13.2 Å². The third-order valence-corrected chi connectivity index (χ3v) is 5.80. The van der Waals surface area contributed by atoms with E-state index in [1.165, 1.54) is 0 Å². The maximum Gasteiger partial charge on any atom is 0.341 e. The molecule has 0 radical (unpaired) electrons. The topological polar surface area (TPSA) is 117 Å². The van der Waals surface area contributed by atoms with E-state index in [4.69, 9.17) is 4.74 Å². The molecule has 0 aliphatic heterocycles. The number of carbonyl (C=O) groups is 2. The third kappa shape index (κ3) is 4.99. The first-order valence-corrected chi connectivity index (χ1v) is 10.3. The number of nitrogens with one attached hydrogen (secondary N) is 3. The number of aryl methyl sites for hydroxylation is 3. The van der Waals surface area contributed by atoms with Crippen LogP contribution in [0, 0.1) is 20.8 Å². The number of amides is 1. The second-order valence-corrected chi connectivity index (χ2v) is 8.03. The van der Waals surface area contributed by atoms with Gasteiger partial charge in [-0.3, -0.25) is 4.79 Å². The molecule has 9 heteroatoms. The van der Waals surface area contributed by atoms with Gasteiger partial charge in [0.2, 0.25) is 15.9 Å². The lowest BCUT2D eigenvalue weighted by atomic mass is 10.1. The van der Waals surface area contributed by atoms with Crippen LogP contribution >= 0.6 is 0 Å². The van der Waals surface area contributed by atoms with Crippen molar-refractivity contribution < 1.29 is 22.7 Å². The Kier molecular flexibility index (Phi) is 6.98. The Morgan fingerprint density at radius 1 is 1.11 bits per heavy atom. The van der Waals surface area contributed by atoms with Crippen molar-refractivity contribution in [2.75, 3.05) is 13.2 Å². The Balaban J connectivity index is 2.09. The zero-order valence-corrected chi connectivity index (χ0v) is 17.2. The minimum atomic E-state index is -4.09. The van der Waals surface area contributed by atoms with Crippen molar-refractivity contribution in [3.05, 3.63) is 52.3 Å². The van der Waals surface area contributed by atoms with Gasteiger partial charge in [0.1, 0.15) is 10.5 Å². The van der Waals surface area contributed by atoms with Crippen molar-refractivity contribution >= 4 is 21.9 Å². The summed E-state index contributed by atoms with van der Waals surface area (Å²) in [5.41, 5.74) is 2.61. The maximum absolute atomic E-state index is 12.7. The number of aromatic nitrogens is 1. The molecule has 0 fully saturated rings. The lowest BCUT2D eigenvalue weighted by molar-refractivity contribution is -0.120. The van der Waals surface area contributed by atoms with Gasteiger partial charge in [0.15, 0.2) is 0 Å². The van der Waals surface area contributed by atoms with Crippen LogP contribution in [0.2, 0.25) is 0 Å². The first-order valence-electron chi connectivity index (χ1n) is 8.84. The lowest BCUT2D eigenvalue weighted by Crippen LogP contribution is -2.37. The average Bonchev–Trinajstić information content (AvgIpc) is 2.94. The van der Waals surface area contributed by atoms with E-state index in [-0.39, 0.29) is 17.1 Å². The number of benzene rings is 1. The molecule has 1 amide bonds. The zero-order chi connectivity index (χ0) is 20.9. The minimum absolute atomic E-state index is 0.0489. The predicted molar refractivity (Wildman–Crippen MR) is 104 cm³/mol. The predicted octanol–water partition coefficient (Wildman–Crippen LogP) is 1.71. The molecular weight excluding hydrogens is 382 g/mol. The van der Waals surface area contributed by atoms with Gasteiger partial charge >= 0.3 is 5.97 Å². The highest BCUT2D eigenvalue weighted by atomic mass is 32.2. The van der Waals surface area contributed by atoms with E-state index < -0.39 is 28.4 Å². The molecule has 0 atom stereocenters. The van der Waals surface area contributed by atoms with Crippen LogP contribution in [0.3, 0.4) is 0 Å². The molecule has 28 heavy (non-hydrogen) atoms. The Morgan fingerprint density at radius 3 is 2.43 bits per heavy atom. The van der Waals surface area contributed by atoms with Crippen LogP contribution in [0.1, 0.15) is 39.8 Å². The van der Waals surface area contributed by atoms with Gasteiger partial charge in [-0.1, -0.05) is 24.3 Å². The van der Waals surface area contributed by atoms with Crippen molar-refractivity contribution in [2.45, 2.75) is 39.1 Å². The van der Waals surface area contributed by atoms with Crippen LogP contribution in [0.25, 0.3) is 0 Å². The van der Waals surface area contributed by atoms with Crippen molar-refractivity contribution in [1.29, 1.82) is 0 Å². The number of H-pyrrole nitrogens is 1. The molecule has 1 aromatic heterocycles. The number of ether oxygens (including phenoxy) is 1. The molecule has 8 nitrogen and oxygen atoms in total. The summed E-state index contributed by atoms with van der Waals surface area (Å²) < 4.78 is 32.6. The average molecular weight is 407 g/mol. The second-order valence-electron chi connectivity index (χ2n) is 6.33. The molecule has 0 saturated carbocycles. The number of sulfonamides is 1. The molecule has 1 heterocycles. The Morgan fingerprint density at radius 2 is 1.79 bits per heavy atom. The first kappa shape index (κ1) is 21.6. The Bertz CT molecular complexity index is 979. The molecule has 2 rings (SSSR count). The minimum Gasteiger partial charge on any atom is -0.462 e. The summed E-state index contributed by atoms with van der Waals surface area (Å²) in [5, 5.41) is 2.68. The molecule has 0 aliphatic carbocycles. The summed E-state index contributed by atoms with van der Waals surface area (Å²) in [4.78, 5) is 26.9. The Labute approximate surface area is 164 Å². The standard InChI is InChI=1S/C19H25N3O5S/c1-5-27-19(24)17-13(3)22-14(4)18(17)28(25,26)21-11-16(23)20-10-15-9-7-6-8-12(15)2/h6-9,21-22H,5,10-11H2,1-4H3,(H,20,23). The van der Waals surface area contributed by atoms with E-state index in [1.807, 2.05) is 31.2 Å². The molecule has 0 aliphatic rings. The van der Waals surface area contributed by atoms with E-state index in [0.29, 0.717) is 17.9 Å². The number of rotatable bonds is 8. The fourth-order valence-electron chi connectivity index (χ4n) is 2.84. The molecule has 0 bridgehead atoms. The summed E-state index contributed by atoms with van der Waals surface area (Å²) in [6.07, 6.45) is 0. The van der Waals surface area contributed by atoms with Crippen LogP contribution in [0.4, 0.5) is 0 Å². The molecule has 1 aromatic carbocycles. The van der Waals surface area contributed by atoms with Crippen LogP contribution in [-0.4, -0.2) is 38.4 Å². The molecule has 2 aromatic rings. The van der Waals surface area contributed by atoms with Crippen molar-refractivity contribution in [3.63, 3.8) is 0 Å².